The van der Waals surface area contributed by atoms with Crippen molar-refractivity contribution in [2.75, 3.05) is 13.2 Å². The van der Waals surface area contributed by atoms with E-state index in [1.807, 2.05) is 0 Å². The Morgan fingerprint density at radius 3 is 2.33 bits per heavy atom. The molecule has 1 amide bonds. The first kappa shape index (κ1) is 20.1. The molecule has 1 aromatic carbocycles. The number of halogens is 1. The monoisotopic (exact) mass is 339 g/mol. The molecule has 1 N–H and O–H groups in total. The first-order chi connectivity index (χ1) is 11.3. The summed E-state index contributed by atoms with van der Waals surface area (Å²) in [6.45, 7) is 7.61. The molecule has 0 fully saturated rings. The summed E-state index contributed by atoms with van der Waals surface area (Å²) in [7, 11) is 0. The molecule has 24 heavy (non-hydrogen) atoms. The first-order valence-electron chi connectivity index (χ1n) is 8.12. The summed E-state index contributed by atoms with van der Waals surface area (Å²) in [5, 5.41) is 2.69. The fourth-order valence-corrected chi connectivity index (χ4v) is 1.92. The molecule has 0 radical (unpaired) electrons. The second kappa shape index (κ2) is 10.0. The Kier molecular flexibility index (Phi) is 8.40. The molecule has 0 aliphatic heterocycles. The van der Waals surface area contributed by atoms with Crippen LogP contribution in [0.25, 0.3) is 0 Å². The van der Waals surface area contributed by atoms with Crippen molar-refractivity contribution in [2.24, 2.45) is 5.92 Å². The number of rotatable bonds is 9. The number of nitrogens with one attached hydrogen (secondary N) is 1. The van der Waals surface area contributed by atoms with Gasteiger partial charge in [-0.05, 0) is 43.9 Å². The lowest BCUT2D eigenvalue weighted by Crippen LogP contribution is -2.33. The highest BCUT2D eigenvalue weighted by Gasteiger charge is 2.17. The van der Waals surface area contributed by atoms with Crippen LogP contribution in [0.4, 0.5) is 4.39 Å². The van der Waals surface area contributed by atoms with Crippen LogP contribution in [0.1, 0.15) is 45.7 Å². The van der Waals surface area contributed by atoms with Gasteiger partial charge in [0.15, 0.2) is 12.7 Å². The fraction of sp³-hybridized carbons (Fsp3) is 0.556. The number of hydrogen-bond donors (Lipinski definition) is 1. The standard InChI is InChI=1S/C18H26FNO4/c1-12(2)9-10-23-14(4)18(22)24-11-17(21)20-13(3)15-5-7-16(19)8-6-15/h5-8,12-14H,9-11H2,1-4H3,(H,20,21). The highest BCUT2D eigenvalue weighted by molar-refractivity contribution is 5.82. The number of carbonyl (C=O) groups excluding carboxylic acids is 2. The van der Waals surface area contributed by atoms with Gasteiger partial charge in [0.05, 0.1) is 6.04 Å². The molecule has 0 heterocycles. The highest BCUT2D eigenvalue weighted by Crippen LogP contribution is 2.12. The molecule has 1 aromatic rings. The van der Waals surface area contributed by atoms with Crippen LogP contribution in [-0.2, 0) is 19.1 Å². The van der Waals surface area contributed by atoms with Gasteiger partial charge in [-0.25, -0.2) is 9.18 Å². The number of esters is 1. The minimum absolute atomic E-state index is 0.309. The molecular weight excluding hydrogens is 313 g/mol. The van der Waals surface area contributed by atoms with Crippen molar-refractivity contribution < 1.29 is 23.5 Å². The maximum absolute atomic E-state index is 12.9. The van der Waals surface area contributed by atoms with Crippen molar-refractivity contribution in [3.05, 3.63) is 35.6 Å². The molecule has 1 rings (SSSR count). The van der Waals surface area contributed by atoms with Crippen molar-refractivity contribution in [1.29, 1.82) is 0 Å². The Balaban J connectivity index is 2.31. The zero-order chi connectivity index (χ0) is 18.1. The van der Waals surface area contributed by atoms with Gasteiger partial charge in [-0.1, -0.05) is 26.0 Å². The van der Waals surface area contributed by atoms with Gasteiger partial charge in [0, 0.05) is 6.61 Å². The predicted molar refractivity (Wildman–Crippen MR) is 88.8 cm³/mol. The summed E-state index contributed by atoms with van der Waals surface area (Å²) in [4.78, 5) is 23.6. The van der Waals surface area contributed by atoms with Crippen molar-refractivity contribution in [3.63, 3.8) is 0 Å². The van der Waals surface area contributed by atoms with Gasteiger partial charge in [0.2, 0.25) is 0 Å². The van der Waals surface area contributed by atoms with Crippen LogP contribution >= 0.6 is 0 Å². The van der Waals surface area contributed by atoms with Gasteiger partial charge in [0.25, 0.3) is 5.91 Å². The van der Waals surface area contributed by atoms with Crippen molar-refractivity contribution in [3.8, 4) is 0 Å². The van der Waals surface area contributed by atoms with E-state index in [0.29, 0.717) is 12.5 Å². The average Bonchev–Trinajstić information content (AvgIpc) is 2.52. The van der Waals surface area contributed by atoms with E-state index in [1.165, 1.54) is 12.1 Å². The molecule has 0 bridgehead atoms. The summed E-state index contributed by atoms with van der Waals surface area (Å²) in [6, 6.07) is 5.53. The molecule has 5 nitrogen and oxygen atoms in total. The summed E-state index contributed by atoms with van der Waals surface area (Å²) in [6.07, 6.45) is 0.152. The SMILES string of the molecule is CC(C)CCOC(C)C(=O)OCC(=O)NC(C)c1ccc(F)cc1. The van der Waals surface area contributed by atoms with Crippen LogP contribution in [0.5, 0.6) is 0 Å². The van der Waals surface area contributed by atoms with Gasteiger partial charge in [-0.2, -0.15) is 0 Å². The maximum Gasteiger partial charge on any atom is 0.335 e. The quantitative estimate of drug-likeness (QED) is 0.703. The normalized spacial score (nSPS) is 13.4. The molecule has 0 saturated carbocycles. The number of carbonyl (C=O) groups is 2. The Morgan fingerprint density at radius 1 is 1.12 bits per heavy atom. The van der Waals surface area contributed by atoms with Crippen LogP contribution < -0.4 is 5.32 Å². The molecule has 134 valence electrons. The lowest BCUT2D eigenvalue weighted by atomic mass is 10.1. The van der Waals surface area contributed by atoms with Crippen molar-refractivity contribution in [1.82, 2.24) is 5.32 Å². The van der Waals surface area contributed by atoms with Gasteiger partial charge in [0.1, 0.15) is 5.82 Å². The predicted octanol–water partition coefficient (Wildman–Crippen LogP) is 3.00. The lowest BCUT2D eigenvalue weighted by molar-refractivity contribution is -0.159. The Hall–Kier alpha value is -1.95. The van der Waals surface area contributed by atoms with E-state index in [2.05, 4.69) is 19.2 Å². The molecule has 0 aliphatic carbocycles. The number of hydrogen-bond acceptors (Lipinski definition) is 4. The summed E-state index contributed by atoms with van der Waals surface area (Å²) < 4.78 is 23.2. The van der Waals surface area contributed by atoms with E-state index >= 15 is 0 Å². The molecule has 2 atom stereocenters. The third-order valence-electron chi connectivity index (χ3n) is 3.49. The second-order valence-corrected chi connectivity index (χ2v) is 6.14. The molecule has 2 unspecified atom stereocenters. The average molecular weight is 339 g/mol. The number of benzene rings is 1. The van der Waals surface area contributed by atoms with E-state index < -0.39 is 18.0 Å². The zero-order valence-corrected chi connectivity index (χ0v) is 14.7. The van der Waals surface area contributed by atoms with Gasteiger partial charge in [-0.3, -0.25) is 4.79 Å². The van der Waals surface area contributed by atoms with Crippen LogP contribution in [-0.4, -0.2) is 31.2 Å². The van der Waals surface area contributed by atoms with Crippen LogP contribution in [0.15, 0.2) is 24.3 Å². The zero-order valence-electron chi connectivity index (χ0n) is 14.7. The highest BCUT2D eigenvalue weighted by atomic mass is 19.1. The van der Waals surface area contributed by atoms with Crippen LogP contribution in [0, 0.1) is 11.7 Å². The fourth-order valence-electron chi connectivity index (χ4n) is 1.92. The van der Waals surface area contributed by atoms with Crippen LogP contribution in [0.3, 0.4) is 0 Å². The summed E-state index contributed by atoms with van der Waals surface area (Å²) >= 11 is 0. The maximum atomic E-state index is 12.9. The van der Waals surface area contributed by atoms with E-state index in [4.69, 9.17) is 9.47 Å². The smallest absolute Gasteiger partial charge is 0.335 e. The lowest BCUT2D eigenvalue weighted by Gasteiger charge is -2.16. The molecule has 0 saturated heterocycles. The van der Waals surface area contributed by atoms with E-state index in [1.54, 1.807) is 26.0 Å². The van der Waals surface area contributed by atoms with Gasteiger partial charge in [-0.15, -0.1) is 0 Å². The topological polar surface area (TPSA) is 64.6 Å². The Morgan fingerprint density at radius 2 is 1.75 bits per heavy atom. The molecule has 6 heteroatoms. The minimum Gasteiger partial charge on any atom is -0.454 e. The third-order valence-corrected chi connectivity index (χ3v) is 3.49. The largest absolute Gasteiger partial charge is 0.454 e. The van der Waals surface area contributed by atoms with E-state index in [0.717, 1.165) is 12.0 Å². The number of ether oxygens (including phenoxy) is 2. The first-order valence-corrected chi connectivity index (χ1v) is 8.12. The Bertz CT molecular complexity index is 530. The molecule has 0 aliphatic rings. The van der Waals surface area contributed by atoms with Crippen molar-refractivity contribution in [2.45, 2.75) is 46.3 Å². The summed E-state index contributed by atoms with van der Waals surface area (Å²) in [5.41, 5.74) is 0.765. The number of amides is 1. The van der Waals surface area contributed by atoms with E-state index in [9.17, 15) is 14.0 Å². The van der Waals surface area contributed by atoms with Gasteiger partial charge < -0.3 is 14.8 Å². The third kappa shape index (κ3) is 7.55. The van der Waals surface area contributed by atoms with Gasteiger partial charge >= 0.3 is 5.97 Å². The Labute approximate surface area is 142 Å². The van der Waals surface area contributed by atoms with Crippen molar-refractivity contribution >= 4 is 11.9 Å². The second-order valence-electron chi connectivity index (χ2n) is 6.14. The van der Waals surface area contributed by atoms with Crippen LogP contribution in [0.2, 0.25) is 0 Å². The molecule has 0 aromatic heterocycles. The summed E-state index contributed by atoms with van der Waals surface area (Å²) in [5.74, 6) is -0.831. The van der Waals surface area contributed by atoms with E-state index in [-0.39, 0.29) is 18.5 Å². The molecule has 0 spiro atoms. The molecular formula is C18H26FNO4. The minimum atomic E-state index is -0.703.